The third-order valence-corrected chi connectivity index (χ3v) is 2.23. The van der Waals surface area contributed by atoms with Crippen molar-refractivity contribution < 1.29 is 9.90 Å². The summed E-state index contributed by atoms with van der Waals surface area (Å²) in [5.74, 6) is -0.917. The van der Waals surface area contributed by atoms with Gasteiger partial charge in [0, 0.05) is 0 Å². The SMILES string of the molecule is O=C(O)Cc1cccc(Cl)c1Cl. The predicted octanol–water partition coefficient (Wildman–Crippen LogP) is 2.62. The highest BCUT2D eigenvalue weighted by atomic mass is 35.5. The molecule has 1 rings (SSSR count). The van der Waals surface area contributed by atoms with Crippen molar-refractivity contribution in [1.82, 2.24) is 0 Å². The van der Waals surface area contributed by atoms with Crippen LogP contribution in [0.2, 0.25) is 10.0 Å². The summed E-state index contributed by atoms with van der Waals surface area (Å²) in [5, 5.41) is 9.19. The first-order valence-corrected chi connectivity index (χ1v) is 4.01. The van der Waals surface area contributed by atoms with E-state index in [-0.39, 0.29) is 6.42 Å². The Morgan fingerprint density at radius 3 is 2.67 bits per heavy atom. The van der Waals surface area contributed by atoms with E-state index >= 15 is 0 Å². The lowest BCUT2D eigenvalue weighted by Crippen LogP contribution is -2.00. The van der Waals surface area contributed by atoms with E-state index in [1.54, 1.807) is 18.2 Å². The van der Waals surface area contributed by atoms with Crippen LogP contribution in [-0.2, 0) is 11.2 Å². The van der Waals surface area contributed by atoms with Crippen LogP contribution in [0.3, 0.4) is 0 Å². The van der Waals surface area contributed by atoms with Gasteiger partial charge >= 0.3 is 5.97 Å². The van der Waals surface area contributed by atoms with Crippen molar-refractivity contribution in [2.45, 2.75) is 6.42 Å². The maximum absolute atomic E-state index is 10.3. The Hall–Kier alpha value is -0.730. The first-order valence-electron chi connectivity index (χ1n) is 3.26. The molecule has 0 aliphatic carbocycles. The summed E-state index contributed by atoms with van der Waals surface area (Å²) in [6, 6.07) is 4.93. The molecule has 2 nitrogen and oxygen atoms in total. The Morgan fingerprint density at radius 2 is 2.08 bits per heavy atom. The van der Waals surface area contributed by atoms with Gasteiger partial charge in [-0.25, -0.2) is 0 Å². The number of halogens is 2. The van der Waals surface area contributed by atoms with E-state index in [0.29, 0.717) is 15.6 Å². The Balaban J connectivity index is 3.00. The van der Waals surface area contributed by atoms with Crippen molar-refractivity contribution >= 4 is 29.2 Å². The van der Waals surface area contributed by atoms with Gasteiger partial charge in [-0.05, 0) is 11.6 Å². The molecule has 0 bridgehead atoms. The number of aliphatic carboxylic acids is 1. The number of carboxylic acid groups (broad SMARTS) is 1. The topological polar surface area (TPSA) is 37.3 Å². The molecule has 0 aliphatic heterocycles. The number of carbonyl (C=O) groups is 1. The molecule has 0 radical (unpaired) electrons. The van der Waals surface area contributed by atoms with E-state index < -0.39 is 5.97 Å². The molecule has 0 aromatic heterocycles. The molecule has 0 unspecified atom stereocenters. The quantitative estimate of drug-likeness (QED) is 0.805. The van der Waals surface area contributed by atoms with E-state index in [1.165, 1.54) is 0 Å². The summed E-state index contributed by atoms with van der Waals surface area (Å²) in [4.78, 5) is 10.3. The van der Waals surface area contributed by atoms with Crippen molar-refractivity contribution in [3.63, 3.8) is 0 Å². The van der Waals surface area contributed by atoms with E-state index in [4.69, 9.17) is 28.3 Å². The van der Waals surface area contributed by atoms with Crippen LogP contribution < -0.4 is 0 Å². The summed E-state index contributed by atoms with van der Waals surface area (Å²) in [7, 11) is 0. The molecule has 0 aliphatic rings. The highest BCUT2D eigenvalue weighted by Crippen LogP contribution is 2.25. The Morgan fingerprint density at radius 1 is 1.42 bits per heavy atom. The zero-order chi connectivity index (χ0) is 9.14. The highest BCUT2D eigenvalue weighted by molar-refractivity contribution is 6.42. The average molecular weight is 205 g/mol. The molecule has 1 aromatic rings. The van der Waals surface area contributed by atoms with E-state index in [0.717, 1.165) is 0 Å². The summed E-state index contributed by atoms with van der Waals surface area (Å²) in [6.07, 6.45) is -0.0978. The molecule has 0 fully saturated rings. The molecule has 0 saturated carbocycles. The van der Waals surface area contributed by atoms with Crippen LogP contribution >= 0.6 is 23.2 Å². The minimum absolute atomic E-state index is 0.0978. The van der Waals surface area contributed by atoms with Crippen LogP contribution in [0.4, 0.5) is 0 Å². The van der Waals surface area contributed by atoms with Gasteiger partial charge in [-0.2, -0.15) is 0 Å². The van der Waals surface area contributed by atoms with Gasteiger partial charge in [0.1, 0.15) is 0 Å². The second kappa shape index (κ2) is 3.78. The van der Waals surface area contributed by atoms with Crippen LogP contribution in [0, 0.1) is 0 Å². The maximum Gasteiger partial charge on any atom is 0.307 e. The van der Waals surface area contributed by atoms with E-state index in [2.05, 4.69) is 0 Å². The van der Waals surface area contributed by atoms with Gasteiger partial charge in [0.25, 0.3) is 0 Å². The summed E-state index contributed by atoms with van der Waals surface area (Å²) < 4.78 is 0. The normalized spacial score (nSPS) is 9.83. The predicted molar refractivity (Wildman–Crippen MR) is 47.8 cm³/mol. The van der Waals surface area contributed by atoms with Gasteiger partial charge in [-0.1, -0.05) is 35.3 Å². The number of carboxylic acids is 1. The molecule has 0 spiro atoms. The molecule has 12 heavy (non-hydrogen) atoms. The smallest absolute Gasteiger partial charge is 0.307 e. The molecule has 4 heteroatoms. The van der Waals surface area contributed by atoms with Gasteiger partial charge < -0.3 is 5.11 Å². The third-order valence-electron chi connectivity index (χ3n) is 1.37. The first kappa shape index (κ1) is 9.36. The fourth-order valence-corrected chi connectivity index (χ4v) is 1.23. The van der Waals surface area contributed by atoms with Gasteiger partial charge in [0.2, 0.25) is 0 Å². The highest BCUT2D eigenvalue weighted by Gasteiger charge is 2.07. The average Bonchev–Trinajstić information content (AvgIpc) is 1.98. The van der Waals surface area contributed by atoms with Crippen LogP contribution in [0.15, 0.2) is 18.2 Å². The third kappa shape index (κ3) is 2.13. The molecular formula is C8H6Cl2O2. The van der Waals surface area contributed by atoms with E-state index in [1.807, 2.05) is 0 Å². The van der Waals surface area contributed by atoms with Crippen molar-refractivity contribution in [3.8, 4) is 0 Å². The molecular weight excluding hydrogens is 199 g/mol. The second-order valence-corrected chi connectivity index (χ2v) is 3.07. The minimum Gasteiger partial charge on any atom is -0.481 e. The Kier molecular flexibility index (Phi) is 2.95. The molecule has 64 valence electrons. The monoisotopic (exact) mass is 204 g/mol. The summed E-state index contributed by atoms with van der Waals surface area (Å²) >= 11 is 11.4. The fraction of sp³-hybridized carbons (Fsp3) is 0.125. The lowest BCUT2D eigenvalue weighted by atomic mass is 10.1. The zero-order valence-electron chi connectivity index (χ0n) is 6.05. The van der Waals surface area contributed by atoms with E-state index in [9.17, 15) is 4.79 Å². The molecule has 0 saturated heterocycles. The molecule has 0 heterocycles. The van der Waals surface area contributed by atoms with Crippen molar-refractivity contribution in [3.05, 3.63) is 33.8 Å². The minimum atomic E-state index is -0.917. The van der Waals surface area contributed by atoms with Crippen LogP contribution in [0.1, 0.15) is 5.56 Å². The largest absolute Gasteiger partial charge is 0.481 e. The van der Waals surface area contributed by atoms with Gasteiger partial charge in [0.05, 0.1) is 16.5 Å². The molecule has 1 N–H and O–H groups in total. The standard InChI is InChI=1S/C8H6Cl2O2/c9-6-3-1-2-5(8(6)10)4-7(11)12/h1-3H,4H2,(H,11,12). The zero-order valence-corrected chi connectivity index (χ0v) is 7.56. The number of rotatable bonds is 2. The Bertz CT molecular complexity index is 310. The summed E-state index contributed by atoms with van der Waals surface area (Å²) in [5.41, 5.74) is 0.539. The van der Waals surface area contributed by atoms with Crippen molar-refractivity contribution in [2.24, 2.45) is 0 Å². The van der Waals surface area contributed by atoms with Gasteiger partial charge in [-0.15, -0.1) is 0 Å². The number of hydrogen-bond donors (Lipinski definition) is 1. The first-order chi connectivity index (χ1) is 5.61. The second-order valence-electron chi connectivity index (χ2n) is 2.28. The maximum atomic E-state index is 10.3. The van der Waals surface area contributed by atoms with Gasteiger partial charge in [-0.3, -0.25) is 4.79 Å². The van der Waals surface area contributed by atoms with Crippen LogP contribution in [0.25, 0.3) is 0 Å². The lowest BCUT2D eigenvalue weighted by molar-refractivity contribution is -0.136. The van der Waals surface area contributed by atoms with Crippen molar-refractivity contribution in [1.29, 1.82) is 0 Å². The number of benzene rings is 1. The molecule has 0 amide bonds. The van der Waals surface area contributed by atoms with Gasteiger partial charge in [0.15, 0.2) is 0 Å². The Labute approximate surface area is 79.7 Å². The fourth-order valence-electron chi connectivity index (χ4n) is 0.848. The number of hydrogen-bond acceptors (Lipinski definition) is 1. The van der Waals surface area contributed by atoms with Crippen molar-refractivity contribution in [2.75, 3.05) is 0 Å². The molecule has 0 atom stereocenters. The van der Waals surface area contributed by atoms with Crippen LogP contribution in [-0.4, -0.2) is 11.1 Å². The molecule has 1 aromatic carbocycles. The summed E-state index contributed by atoms with van der Waals surface area (Å²) in [6.45, 7) is 0. The lowest BCUT2D eigenvalue weighted by Gasteiger charge is -2.01. The van der Waals surface area contributed by atoms with Crippen LogP contribution in [0.5, 0.6) is 0 Å².